The lowest BCUT2D eigenvalue weighted by Gasteiger charge is -2.24. The van der Waals surface area contributed by atoms with Crippen molar-refractivity contribution in [1.82, 2.24) is 0 Å². The highest BCUT2D eigenvalue weighted by atomic mass is 16.6. The zero-order valence-electron chi connectivity index (χ0n) is 8.87. The van der Waals surface area contributed by atoms with Gasteiger partial charge in [-0.3, -0.25) is 9.59 Å². The Morgan fingerprint density at radius 1 is 1.25 bits per heavy atom. The van der Waals surface area contributed by atoms with Gasteiger partial charge in [0.1, 0.15) is 18.8 Å². The van der Waals surface area contributed by atoms with E-state index in [2.05, 4.69) is 4.74 Å². The fourth-order valence-corrected chi connectivity index (χ4v) is 0.951. The number of Topliss-reactive ketones (excluding diaryl/α,β-unsaturated/α-hetero) is 1. The predicted octanol–water partition coefficient (Wildman–Crippen LogP) is -2.42. The third-order valence-electron chi connectivity index (χ3n) is 1.91. The van der Waals surface area contributed by atoms with E-state index in [1.54, 1.807) is 0 Å². The first-order valence-corrected chi connectivity index (χ1v) is 4.77. The van der Waals surface area contributed by atoms with Crippen LogP contribution in [0.1, 0.15) is 13.3 Å². The maximum atomic E-state index is 11.1. The number of ketones is 1. The molecule has 0 unspecified atom stereocenters. The largest absolute Gasteiger partial charge is 0.451 e. The second-order valence-corrected chi connectivity index (χ2v) is 3.13. The van der Waals surface area contributed by atoms with Crippen LogP contribution in [0.4, 0.5) is 0 Å². The first-order chi connectivity index (χ1) is 7.47. The van der Waals surface area contributed by atoms with Gasteiger partial charge < -0.3 is 25.2 Å². The second-order valence-electron chi connectivity index (χ2n) is 3.13. The summed E-state index contributed by atoms with van der Waals surface area (Å²) in [4.78, 5) is 22.1. The van der Waals surface area contributed by atoms with Crippen molar-refractivity contribution in [1.29, 1.82) is 0 Å². The first kappa shape index (κ1) is 15.0. The normalized spacial score (nSPS) is 16.3. The lowest BCUT2D eigenvalue weighted by Crippen LogP contribution is -2.47. The topological polar surface area (TPSA) is 124 Å². The molecule has 0 aliphatic carbocycles. The third kappa shape index (κ3) is 4.23. The maximum Gasteiger partial charge on any atom is 0.306 e. The lowest BCUT2D eigenvalue weighted by atomic mass is 10.0. The van der Waals surface area contributed by atoms with Gasteiger partial charge in [-0.2, -0.15) is 0 Å². The fraction of sp³-hybridized carbons (Fsp3) is 0.778. The van der Waals surface area contributed by atoms with Gasteiger partial charge in [0.05, 0.1) is 6.61 Å². The average molecular weight is 236 g/mol. The van der Waals surface area contributed by atoms with Gasteiger partial charge in [-0.1, -0.05) is 6.92 Å². The molecule has 0 aromatic carbocycles. The van der Waals surface area contributed by atoms with E-state index < -0.39 is 43.3 Å². The number of aliphatic hydroxyl groups is 4. The molecule has 0 radical (unpaired) electrons. The van der Waals surface area contributed by atoms with Gasteiger partial charge in [0.2, 0.25) is 5.78 Å². The van der Waals surface area contributed by atoms with Crippen molar-refractivity contribution >= 4 is 11.8 Å². The van der Waals surface area contributed by atoms with Crippen molar-refractivity contribution in [2.75, 3.05) is 13.2 Å². The van der Waals surface area contributed by atoms with Crippen molar-refractivity contribution in [3.8, 4) is 0 Å². The van der Waals surface area contributed by atoms with Gasteiger partial charge in [-0.25, -0.2) is 0 Å². The van der Waals surface area contributed by atoms with E-state index in [0.717, 1.165) is 0 Å². The molecular formula is C9H16O7. The van der Waals surface area contributed by atoms with Crippen molar-refractivity contribution in [2.45, 2.75) is 31.7 Å². The van der Waals surface area contributed by atoms with Gasteiger partial charge in [0, 0.05) is 6.42 Å². The Kier molecular flexibility index (Phi) is 6.82. The van der Waals surface area contributed by atoms with Crippen LogP contribution < -0.4 is 0 Å². The van der Waals surface area contributed by atoms with Gasteiger partial charge >= 0.3 is 5.97 Å². The number of rotatable bonds is 7. The van der Waals surface area contributed by atoms with Crippen LogP contribution in [0.15, 0.2) is 0 Å². The minimum Gasteiger partial charge on any atom is -0.451 e. The van der Waals surface area contributed by atoms with Crippen LogP contribution in [-0.2, 0) is 14.3 Å². The van der Waals surface area contributed by atoms with Crippen molar-refractivity contribution in [2.24, 2.45) is 0 Å². The standard InChI is InChI=1S/C9H16O7/c1-2-7(14)16-9(6(13)4-11)8(15)5(12)3-10/h5,8-12,15H,2-4H2,1H3/t5-,8-,9-/m1/s1. The summed E-state index contributed by atoms with van der Waals surface area (Å²) in [5.74, 6) is -1.70. The number of aliphatic hydroxyl groups excluding tert-OH is 4. The second kappa shape index (κ2) is 7.29. The van der Waals surface area contributed by atoms with Crippen molar-refractivity contribution < 1.29 is 34.8 Å². The van der Waals surface area contributed by atoms with Crippen LogP contribution in [0.3, 0.4) is 0 Å². The van der Waals surface area contributed by atoms with Crippen LogP contribution in [0.2, 0.25) is 0 Å². The zero-order chi connectivity index (χ0) is 12.7. The zero-order valence-corrected chi connectivity index (χ0v) is 8.87. The Balaban J connectivity index is 4.66. The number of esters is 1. The molecule has 0 heterocycles. The molecule has 0 aromatic rings. The molecule has 0 aliphatic rings. The molecule has 7 nitrogen and oxygen atoms in total. The molecule has 0 saturated heterocycles. The van der Waals surface area contributed by atoms with E-state index in [1.165, 1.54) is 6.92 Å². The molecule has 0 spiro atoms. The molecular weight excluding hydrogens is 220 g/mol. The number of carbonyl (C=O) groups is 2. The van der Waals surface area contributed by atoms with Crippen molar-refractivity contribution in [3.63, 3.8) is 0 Å². The SMILES string of the molecule is CCC(=O)O[C@H](C(=O)CO)[C@H](O)[C@H](O)CO. The van der Waals surface area contributed by atoms with E-state index in [1.807, 2.05) is 0 Å². The maximum absolute atomic E-state index is 11.1. The van der Waals surface area contributed by atoms with Crippen LogP contribution in [-0.4, -0.2) is 63.7 Å². The molecule has 0 aromatic heterocycles. The molecule has 4 N–H and O–H groups in total. The number of ether oxygens (including phenoxy) is 1. The van der Waals surface area contributed by atoms with Crippen LogP contribution >= 0.6 is 0 Å². The highest BCUT2D eigenvalue weighted by Gasteiger charge is 2.34. The van der Waals surface area contributed by atoms with Crippen LogP contribution in [0, 0.1) is 0 Å². The van der Waals surface area contributed by atoms with E-state index in [0.29, 0.717) is 0 Å². The summed E-state index contributed by atoms with van der Waals surface area (Å²) in [5, 5.41) is 35.7. The third-order valence-corrected chi connectivity index (χ3v) is 1.91. The van der Waals surface area contributed by atoms with Crippen LogP contribution in [0.25, 0.3) is 0 Å². The minimum atomic E-state index is -1.76. The van der Waals surface area contributed by atoms with Gasteiger partial charge in [0.25, 0.3) is 0 Å². The molecule has 7 heteroatoms. The van der Waals surface area contributed by atoms with Gasteiger partial charge in [-0.05, 0) is 0 Å². The molecule has 0 rings (SSSR count). The predicted molar refractivity (Wildman–Crippen MR) is 51.4 cm³/mol. The summed E-state index contributed by atoms with van der Waals surface area (Å²) in [6.07, 6.45) is -5.07. The van der Waals surface area contributed by atoms with E-state index >= 15 is 0 Å². The van der Waals surface area contributed by atoms with Crippen molar-refractivity contribution in [3.05, 3.63) is 0 Å². The Morgan fingerprint density at radius 2 is 1.81 bits per heavy atom. The molecule has 3 atom stereocenters. The Bertz CT molecular complexity index is 240. The Morgan fingerprint density at radius 3 is 2.19 bits per heavy atom. The number of hydrogen-bond acceptors (Lipinski definition) is 7. The Hall–Kier alpha value is -1.02. The van der Waals surface area contributed by atoms with Gasteiger partial charge in [-0.15, -0.1) is 0 Å². The highest BCUT2D eigenvalue weighted by molar-refractivity contribution is 5.87. The average Bonchev–Trinajstić information content (AvgIpc) is 2.32. The summed E-state index contributed by atoms with van der Waals surface area (Å²) in [7, 11) is 0. The molecule has 0 bridgehead atoms. The fourth-order valence-electron chi connectivity index (χ4n) is 0.951. The number of carbonyl (C=O) groups excluding carboxylic acids is 2. The number of hydrogen-bond donors (Lipinski definition) is 4. The van der Waals surface area contributed by atoms with Gasteiger partial charge in [0.15, 0.2) is 6.10 Å². The summed E-state index contributed by atoms with van der Waals surface area (Å²) < 4.78 is 4.57. The van der Waals surface area contributed by atoms with E-state index in [9.17, 15) is 14.7 Å². The summed E-state index contributed by atoms with van der Waals surface area (Å²) >= 11 is 0. The van der Waals surface area contributed by atoms with E-state index in [4.69, 9.17) is 15.3 Å². The molecule has 0 amide bonds. The first-order valence-electron chi connectivity index (χ1n) is 4.77. The smallest absolute Gasteiger partial charge is 0.306 e. The molecule has 0 fully saturated rings. The summed E-state index contributed by atoms with van der Waals surface area (Å²) in [5.41, 5.74) is 0. The van der Waals surface area contributed by atoms with E-state index in [-0.39, 0.29) is 6.42 Å². The molecule has 0 aliphatic heterocycles. The summed E-state index contributed by atoms with van der Waals surface area (Å²) in [6.45, 7) is -0.241. The Labute approximate surface area is 92.3 Å². The molecule has 16 heavy (non-hydrogen) atoms. The molecule has 0 saturated carbocycles. The highest BCUT2D eigenvalue weighted by Crippen LogP contribution is 2.07. The molecule has 94 valence electrons. The monoisotopic (exact) mass is 236 g/mol. The minimum absolute atomic E-state index is 0.0167. The van der Waals surface area contributed by atoms with Crippen LogP contribution in [0.5, 0.6) is 0 Å². The summed E-state index contributed by atoms with van der Waals surface area (Å²) in [6, 6.07) is 0. The lowest BCUT2D eigenvalue weighted by molar-refractivity contribution is -0.169. The quantitative estimate of drug-likeness (QED) is 0.363.